The number of rotatable bonds is 4. The number of nitrogens with one attached hydrogen (secondary N) is 1. The summed E-state index contributed by atoms with van der Waals surface area (Å²) in [5.41, 5.74) is 0. The summed E-state index contributed by atoms with van der Waals surface area (Å²) in [6.45, 7) is 3.33. The van der Waals surface area contributed by atoms with Crippen molar-refractivity contribution in [1.29, 1.82) is 0 Å². The highest BCUT2D eigenvalue weighted by molar-refractivity contribution is 5.80. The van der Waals surface area contributed by atoms with Crippen LogP contribution in [0.15, 0.2) is 12.7 Å². The van der Waals surface area contributed by atoms with Crippen molar-refractivity contribution in [2.45, 2.75) is 6.04 Å². The maximum Gasteiger partial charge on any atom is 0.332 e. The number of carbonyl (C=O) groups excluding carboxylic acids is 2. The van der Waals surface area contributed by atoms with Crippen LogP contribution in [0, 0.1) is 0 Å². The van der Waals surface area contributed by atoms with Gasteiger partial charge in [-0.1, -0.05) is 6.08 Å². The Morgan fingerprint density at radius 3 is 2.70 bits per heavy atom. The third-order valence-electron chi connectivity index (χ3n) is 0.938. The zero-order chi connectivity index (χ0) is 7.98. The van der Waals surface area contributed by atoms with Crippen LogP contribution in [0.25, 0.3) is 0 Å². The van der Waals surface area contributed by atoms with Gasteiger partial charge >= 0.3 is 5.97 Å². The fourth-order valence-electron chi connectivity index (χ4n) is 0.433. The van der Waals surface area contributed by atoms with Gasteiger partial charge in [-0.05, 0) is 0 Å². The number of ether oxygens (including phenoxy) is 1. The number of hydrogen-bond acceptors (Lipinski definition) is 3. The molecule has 56 valence electrons. The van der Waals surface area contributed by atoms with Crippen molar-refractivity contribution in [3.8, 4) is 0 Å². The quantitative estimate of drug-likeness (QED) is 0.326. The number of esters is 1. The molecule has 0 fully saturated rings. The molecule has 0 aromatic heterocycles. The summed E-state index contributed by atoms with van der Waals surface area (Å²) >= 11 is 0. The molecule has 0 spiro atoms. The van der Waals surface area contributed by atoms with E-state index >= 15 is 0 Å². The summed E-state index contributed by atoms with van der Waals surface area (Å²) in [7, 11) is 1.24. The van der Waals surface area contributed by atoms with Gasteiger partial charge in [0.1, 0.15) is 6.04 Å². The molecule has 4 heteroatoms. The normalized spacial score (nSPS) is 11.3. The van der Waals surface area contributed by atoms with Crippen LogP contribution in [0.5, 0.6) is 0 Å². The standard InChI is InChI=1S/C6H9NO3/c1-3-5(7-4-8)6(9)10-2/h3-5H,1H2,2H3,(H,7,8)/t5-/m0/s1. The summed E-state index contributed by atoms with van der Waals surface area (Å²) in [5.74, 6) is -0.526. The highest BCUT2D eigenvalue weighted by Crippen LogP contribution is 1.85. The second-order valence-corrected chi connectivity index (χ2v) is 1.52. The smallest absolute Gasteiger partial charge is 0.332 e. The molecule has 1 atom stereocenters. The summed E-state index contributed by atoms with van der Waals surface area (Å²) in [6.07, 6.45) is 1.71. The van der Waals surface area contributed by atoms with Crippen LogP contribution in [0.1, 0.15) is 0 Å². The third-order valence-corrected chi connectivity index (χ3v) is 0.938. The number of amides is 1. The minimum Gasteiger partial charge on any atom is -0.467 e. The second kappa shape index (κ2) is 4.55. The van der Waals surface area contributed by atoms with Gasteiger partial charge in [0.15, 0.2) is 0 Å². The van der Waals surface area contributed by atoms with Crippen molar-refractivity contribution in [1.82, 2.24) is 5.32 Å². The van der Waals surface area contributed by atoms with Gasteiger partial charge in [-0.2, -0.15) is 0 Å². The molecule has 0 aromatic rings. The first-order valence-electron chi connectivity index (χ1n) is 2.66. The zero-order valence-electron chi connectivity index (χ0n) is 5.66. The molecule has 0 aromatic carbocycles. The summed E-state index contributed by atoms with van der Waals surface area (Å²) in [5, 5.41) is 2.21. The number of methoxy groups -OCH3 is 1. The Morgan fingerprint density at radius 2 is 2.40 bits per heavy atom. The van der Waals surface area contributed by atoms with Crippen molar-refractivity contribution >= 4 is 12.4 Å². The lowest BCUT2D eigenvalue weighted by Gasteiger charge is -2.06. The first-order valence-corrected chi connectivity index (χ1v) is 2.66. The Labute approximate surface area is 58.9 Å². The van der Waals surface area contributed by atoms with Crippen LogP contribution in [0.4, 0.5) is 0 Å². The van der Waals surface area contributed by atoms with Crippen molar-refractivity contribution < 1.29 is 14.3 Å². The highest BCUT2D eigenvalue weighted by Gasteiger charge is 2.12. The van der Waals surface area contributed by atoms with Crippen LogP contribution in [0.3, 0.4) is 0 Å². The monoisotopic (exact) mass is 143 g/mol. The van der Waals surface area contributed by atoms with Crippen LogP contribution in [-0.4, -0.2) is 25.5 Å². The molecule has 0 aliphatic rings. The van der Waals surface area contributed by atoms with Gasteiger partial charge < -0.3 is 10.1 Å². The average molecular weight is 143 g/mol. The third kappa shape index (κ3) is 2.30. The van der Waals surface area contributed by atoms with Gasteiger partial charge in [-0.3, -0.25) is 4.79 Å². The predicted molar refractivity (Wildman–Crippen MR) is 35.2 cm³/mol. The van der Waals surface area contributed by atoms with Gasteiger partial charge in [-0.25, -0.2) is 4.79 Å². The van der Waals surface area contributed by atoms with Crippen LogP contribution in [0.2, 0.25) is 0 Å². The first kappa shape index (κ1) is 8.68. The average Bonchev–Trinajstić information content (AvgIpc) is 1.99. The molecular weight excluding hydrogens is 134 g/mol. The van der Waals surface area contributed by atoms with E-state index in [1.807, 2.05) is 0 Å². The molecule has 0 rings (SSSR count). The van der Waals surface area contributed by atoms with E-state index in [0.29, 0.717) is 6.41 Å². The lowest BCUT2D eigenvalue weighted by molar-refractivity contribution is -0.142. The molecule has 0 saturated carbocycles. The van der Waals surface area contributed by atoms with Gasteiger partial charge in [0, 0.05) is 0 Å². The van der Waals surface area contributed by atoms with E-state index in [4.69, 9.17) is 0 Å². The Hall–Kier alpha value is -1.32. The molecule has 4 nitrogen and oxygen atoms in total. The molecule has 1 N–H and O–H groups in total. The van der Waals surface area contributed by atoms with Crippen LogP contribution >= 0.6 is 0 Å². The van der Waals surface area contributed by atoms with E-state index in [1.54, 1.807) is 0 Å². The van der Waals surface area contributed by atoms with E-state index in [-0.39, 0.29) is 0 Å². The van der Waals surface area contributed by atoms with Crippen LogP contribution < -0.4 is 5.32 Å². The molecule has 0 saturated heterocycles. The highest BCUT2D eigenvalue weighted by atomic mass is 16.5. The van der Waals surface area contributed by atoms with Crippen molar-refractivity contribution in [2.24, 2.45) is 0 Å². The Bertz CT molecular complexity index is 144. The fraction of sp³-hybridized carbons (Fsp3) is 0.333. The molecule has 0 unspecified atom stereocenters. The minimum atomic E-state index is -0.734. The molecule has 0 aliphatic carbocycles. The molecule has 0 radical (unpaired) electrons. The topological polar surface area (TPSA) is 55.4 Å². The predicted octanol–water partition coefficient (Wildman–Crippen LogP) is -0.540. The molecular formula is C6H9NO3. The van der Waals surface area contributed by atoms with E-state index in [2.05, 4.69) is 16.6 Å². The Morgan fingerprint density at radius 1 is 1.80 bits per heavy atom. The SMILES string of the molecule is C=C[C@H](NC=O)C(=O)OC. The van der Waals surface area contributed by atoms with E-state index < -0.39 is 12.0 Å². The Kier molecular flexibility index (Phi) is 3.95. The maximum atomic E-state index is 10.6. The van der Waals surface area contributed by atoms with Gasteiger partial charge in [-0.15, -0.1) is 6.58 Å². The lowest BCUT2D eigenvalue weighted by atomic mass is 10.3. The van der Waals surface area contributed by atoms with Gasteiger partial charge in [0.25, 0.3) is 0 Å². The first-order chi connectivity index (χ1) is 4.76. The van der Waals surface area contributed by atoms with E-state index in [1.165, 1.54) is 13.2 Å². The van der Waals surface area contributed by atoms with E-state index in [0.717, 1.165) is 0 Å². The molecule has 1 amide bonds. The van der Waals surface area contributed by atoms with Crippen LogP contribution in [-0.2, 0) is 14.3 Å². The van der Waals surface area contributed by atoms with E-state index in [9.17, 15) is 9.59 Å². The second-order valence-electron chi connectivity index (χ2n) is 1.52. The van der Waals surface area contributed by atoms with Gasteiger partial charge in [0.2, 0.25) is 6.41 Å². The lowest BCUT2D eigenvalue weighted by Crippen LogP contribution is -2.34. The van der Waals surface area contributed by atoms with Crippen molar-refractivity contribution in [3.63, 3.8) is 0 Å². The fourth-order valence-corrected chi connectivity index (χ4v) is 0.433. The van der Waals surface area contributed by atoms with Crippen molar-refractivity contribution in [3.05, 3.63) is 12.7 Å². The number of carbonyl (C=O) groups is 2. The van der Waals surface area contributed by atoms with Crippen molar-refractivity contribution in [2.75, 3.05) is 7.11 Å². The minimum absolute atomic E-state index is 0.420. The molecule has 10 heavy (non-hydrogen) atoms. The Balaban J connectivity index is 3.91. The molecule has 0 aliphatic heterocycles. The summed E-state index contributed by atoms with van der Waals surface area (Å²) in [6, 6.07) is -0.734. The van der Waals surface area contributed by atoms with Gasteiger partial charge in [0.05, 0.1) is 7.11 Å². The maximum absolute atomic E-state index is 10.6. The number of hydrogen-bond donors (Lipinski definition) is 1. The summed E-state index contributed by atoms with van der Waals surface area (Å²) in [4.78, 5) is 20.4. The largest absolute Gasteiger partial charge is 0.467 e. The zero-order valence-corrected chi connectivity index (χ0v) is 5.66. The molecule has 0 heterocycles. The summed E-state index contributed by atoms with van der Waals surface area (Å²) < 4.78 is 4.32. The molecule has 0 bridgehead atoms.